The first-order valence-electron chi connectivity index (χ1n) is 7.84. The summed E-state index contributed by atoms with van der Waals surface area (Å²) < 4.78 is 5.45. The number of ether oxygens (including phenoxy) is 1. The highest BCUT2D eigenvalue weighted by atomic mass is 16.5. The Labute approximate surface area is 121 Å². The Balaban J connectivity index is 1.75. The van der Waals surface area contributed by atoms with Gasteiger partial charge < -0.3 is 10.1 Å². The van der Waals surface area contributed by atoms with Crippen LogP contribution in [0, 0.1) is 18.8 Å². The number of rotatable bonds is 4. The molecule has 20 heavy (non-hydrogen) atoms. The van der Waals surface area contributed by atoms with Gasteiger partial charge in [-0.1, -0.05) is 0 Å². The molecule has 2 unspecified atom stereocenters. The van der Waals surface area contributed by atoms with E-state index < -0.39 is 0 Å². The molecule has 3 rings (SSSR count). The van der Waals surface area contributed by atoms with Gasteiger partial charge in [0.15, 0.2) is 0 Å². The van der Waals surface area contributed by atoms with Gasteiger partial charge in [0.05, 0.1) is 0 Å². The van der Waals surface area contributed by atoms with E-state index in [-0.39, 0.29) is 0 Å². The van der Waals surface area contributed by atoms with Crippen LogP contribution in [-0.2, 0) is 24.0 Å². The molecule has 110 valence electrons. The second kappa shape index (κ2) is 6.19. The fourth-order valence-electron chi connectivity index (χ4n) is 3.48. The Bertz CT molecular complexity index is 469. The maximum absolute atomic E-state index is 5.45. The number of fused-ring (bicyclic) bond motifs is 1. The molecule has 0 radical (unpaired) electrons. The minimum atomic E-state index is 0.619. The van der Waals surface area contributed by atoms with Gasteiger partial charge in [-0.05, 0) is 63.6 Å². The SMILES string of the molecule is CNCC1CCc2nc(CC3CCOC3)nc(C)c2C1. The third kappa shape index (κ3) is 3.01. The lowest BCUT2D eigenvalue weighted by atomic mass is 9.85. The van der Waals surface area contributed by atoms with Crippen LogP contribution in [0.5, 0.6) is 0 Å². The smallest absolute Gasteiger partial charge is 0.129 e. The van der Waals surface area contributed by atoms with Crippen LogP contribution >= 0.6 is 0 Å². The molecule has 1 aromatic heterocycles. The molecule has 2 atom stereocenters. The van der Waals surface area contributed by atoms with Crippen LogP contribution in [0.3, 0.4) is 0 Å². The van der Waals surface area contributed by atoms with Gasteiger partial charge in [-0.15, -0.1) is 0 Å². The zero-order valence-electron chi connectivity index (χ0n) is 12.6. The van der Waals surface area contributed by atoms with Gasteiger partial charge in [0.1, 0.15) is 5.82 Å². The third-order valence-corrected chi connectivity index (χ3v) is 4.62. The van der Waals surface area contributed by atoms with Crippen molar-refractivity contribution in [2.45, 2.75) is 39.0 Å². The molecule has 4 nitrogen and oxygen atoms in total. The Hall–Kier alpha value is -1.00. The van der Waals surface area contributed by atoms with Crippen molar-refractivity contribution in [2.75, 3.05) is 26.8 Å². The van der Waals surface area contributed by atoms with Gasteiger partial charge in [-0.2, -0.15) is 0 Å². The molecule has 0 aromatic carbocycles. The summed E-state index contributed by atoms with van der Waals surface area (Å²) in [5.74, 6) is 2.39. The predicted octanol–water partition coefficient (Wildman–Crippen LogP) is 1.69. The molecule has 0 spiro atoms. The molecule has 0 amide bonds. The summed E-state index contributed by atoms with van der Waals surface area (Å²) in [6, 6.07) is 0. The molecule has 1 aromatic rings. The minimum Gasteiger partial charge on any atom is -0.381 e. The van der Waals surface area contributed by atoms with Gasteiger partial charge in [-0.3, -0.25) is 0 Å². The lowest BCUT2D eigenvalue weighted by Gasteiger charge is -2.25. The highest BCUT2D eigenvalue weighted by Crippen LogP contribution is 2.26. The van der Waals surface area contributed by atoms with E-state index in [9.17, 15) is 0 Å². The number of nitrogens with zero attached hydrogens (tertiary/aromatic N) is 2. The molecule has 1 fully saturated rings. The summed E-state index contributed by atoms with van der Waals surface area (Å²) in [7, 11) is 2.03. The van der Waals surface area contributed by atoms with Crippen LogP contribution in [0.15, 0.2) is 0 Å². The van der Waals surface area contributed by atoms with Crippen LogP contribution in [0.2, 0.25) is 0 Å². The third-order valence-electron chi connectivity index (χ3n) is 4.62. The average molecular weight is 275 g/mol. The highest BCUT2D eigenvalue weighted by Gasteiger charge is 2.23. The average Bonchev–Trinajstić information content (AvgIpc) is 2.93. The van der Waals surface area contributed by atoms with Crippen molar-refractivity contribution in [3.63, 3.8) is 0 Å². The van der Waals surface area contributed by atoms with Crippen molar-refractivity contribution in [2.24, 2.45) is 11.8 Å². The molecule has 1 N–H and O–H groups in total. The number of nitrogens with one attached hydrogen (secondary N) is 1. The molecule has 2 heterocycles. The topological polar surface area (TPSA) is 47.0 Å². The number of aryl methyl sites for hydroxylation is 2. The molecule has 2 aliphatic rings. The quantitative estimate of drug-likeness (QED) is 0.908. The van der Waals surface area contributed by atoms with Gasteiger partial charge in [0, 0.05) is 31.0 Å². The van der Waals surface area contributed by atoms with E-state index in [1.54, 1.807) is 0 Å². The maximum Gasteiger partial charge on any atom is 0.129 e. The molecule has 1 aliphatic carbocycles. The van der Waals surface area contributed by atoms with Gasteiger partial charge >= 0.3 is 0 Å². The monoisotopic (exact) mass is 275 g/mol. The van der Waals surface area contributed by atoms with Crippen molar-refractivity contribution < 1.29 is 4.74 Å². The lowest BCUT2D eigenvalue weighted by molar-refractivity contribution is 0.185. The predicted molar refractivity (Wildman–Crippen MR) is 78.8 cm³/mol. The lowest BCUT2D eigenvalue weighted by Crippen LogP contribution is -2.26. The standard InChI is InChI=1S/C16H25N3O/c1-11-14-7-12(9-17-2)3-4-15(14)19-16(18-11)8-13-5-6-20-10-13/h12-13,17H,3-10H2,1-2H3. The fraction of sp³-hybridized carbons (Fsp3) is 0.750. The summed E-state index contributed by atoms with van der Waals surface area (Å²) in [6.07, 6.45) is 5.63. The first-order valence-corrected chi connectivity index (χ1v) is 7.84. The van der Waals surface area contributed by atoms with Crippen LogP contribution < -0.4 is 5.32 Å². The second-order valence-corrected chi connectivity index (χ2v) is 6.25. The number of aromatic nitrogens is 2. The normalized spacial score (nSPS) is 25.7. The molecule has 1 saturated heterocycles. The zero-order valence-corrected chi connectivity index (χ0v) is 12.6. The second-order valence-electron chi connectivity index (χ2n) is 6.25. The first kappa shape index (κ1) is 14.0. The van der Waals surface area contributed by atoms with Gasteiger partial charge in [0.25, 0.3) is 0 Å². The van der Waals surface area contributed by atoms with E-state index >= 15 is 0 Å². The fourth-order valence-corrected chi connectivity index (χ4v) is 3.48. The molecule has 0 bridgehead atoms. The van der Waals surface area contributed by atoms with Crippen molar-refractivity contribution in [3.8, 4) is 0 Å². The van der Waals surface area contributed by atoms with Gasteiger partial charge in [-0.25, -0.2) is 9.97 Å². The van der Waals surface area contributed by atoms with E-state index in [1.165, 1.54) is 23.4 Å². The van der Waals surface area contributed by atoms with E-state index in [0.717, 1.165) is 57.2 Å². The maximum atomic E-state index is 5.45. The van der Waals surface area contributed by atoms with Gasteiger partial charge in [0.2, 0.25) is 0 Å². The van der Waals surface area contributed by atoms with Crippen molar-refractivity contribution in [1.29, 1.82) is 0 Å². The summed E-state index contributed by atoms with van der Waals surface area (Å²) in [5.41, 5.74) is 3.91. The van der Waals surface area contributed by atoms with Crippen LogP contribution in [0.25, 0.3) is 0 Å². The van der Waals surface area contributed by atoms with Crippen molar-refractivity contribution in [3.05, 3.63) is 22.8 Å². The largest absolute Gasteiger partial charge is 0.381 e. The van der Waals surface area contributed by atoms with Crippen molar-refractivity contribution >= 4 is 0 Å². The van der Waals surface area contributed by atoms with Crippen molar-refractivity contribution in [1.82, 2.24) is 15.3 Å². The first-order chi connectivity index (χ1) is 9.76. The summed E-state index contributed by atoms with van der Waals surface area (Å²) in [6.45, 7) is 5.03. The van der Waals surface area contributed by atoms with E-state index in [2.05, 4.69) is 12.2 Å². The van der Waals surface area contributed by atoms with Crippen LogP contribution in [0.4, 0.5) is 0 Å². The minimum absolute atomic E-state index is 0.619. The summed E-state index contributed by atoms with van der Waals surface area (Å²) in [4.78, 5) is 9.60. The van der Waals surface area contributed by atoms with Crippen LogP contribution in [-0.4, -0.2) is 36.8 Å². The molecular formula is C16H25N3O. The Kier molecular flexibility index (Phi) is 4.32. The Morgan fingerprint density at radius 1 is 1.25 bits per heavy atom. The Morgan fingerprint density at radius 3 is 2.90 bits per heavy atom. The molecule has 4 heteroatoms. The molecule has 1 aliphatic heterocycles. The number of hydrogen-bond donors (Lipinski definition) is 1. The molecule has 0 saturated carbocycles. The summed E-state index contributed by atoms with van der Waals surface area (Å²) in [5, 5.41) is 3.29. The summed E-state index contributed by atoms with van der Waals surface area (Å²) >= 11 is 0. The zero-order chi connectivity index (χ0) is 13.9. The highest BCUT2D eigenvalue weighted by molar-refractivity contribution is 5.28. The van der Waals surface area contributed by atoms with E-state index in [0.29, 0.717) is 5.92 Å². The van der Waals surface area contributed by atoms with E-state index in [1.807, 2.05) is 7.05 Å². The molecular weight excluding hydrogens is 250 g/mol. The van der Waals surface area contributed by atoms with E-state index in [4.69, 9.17) is 14.7 Å². The Morgan fingerprint density at radius 2 is 2.15 bits per heavy atom. The van der Waals surface area contributed by atoms with Crippen LogP contribution in [0.1, 0.15) is 35.6 Å². The number of hydrogen-bond acceptors (Lipinski definition) is 4.